The molecule has 0 saturated heterocycles. The van der Waals surface area contributed by atoms with Crippen LogP contribution in [0.25, 0.3) is 0 Å². The molecule has 0 aliphatic heterocycles. The number of hydrogen-bond donors (Lipinski definition) is 2. The maximum atomic E-state index is 5.34. The highest BCUT2D eigenvalue weighted by molar-refractivity contribution is 5.79. The molecule has 0 radical (unpaired) electrons. The van der Waals surface area contributed by atoms with Crippen molar-refractivity contribution in [2.45, 2.75) is 32.6 Å². The molecule has 0 bridgehead atoms. The topological polar surface area (TPSA) is 49.6 Å². The fraction of sp³-hybridized carbons (Fsp3) is 0.421. The first-order chi connectivity index (χ1) is 11.3. The predicted molar refractivity (Wildman–Crippen MR) is 95.9 cm³/mol. The smallest absolute Gasteiger partial charge is 0.191 e. The number of guanidine groups is 1. The highest BCUT2D eigenvalue weighted by atomic mass is 16.3. The number of rotatable bonds is 8. The Labute approximate surface area is 139 Å². The lowest BCUT2D eigenvalue weighted by Gasteiger charge is -2.13. The Hall–Kier alpha value is -2.23. The molecule has 0 saturated carbocycles. The van der Waals surface area contributed by atoms with E-state index in [0.717, 1.165) is 44.2 Å². The number of benzene rings is 1. The Balaban J connectivity index is 1.76. The molecule has 2 rings (SSSR count). The Morgan fingerprint density at radius 1 is 1.13 bits per heavy atom. The zero-order valence-electron chi connectivity index (χ0n) is 14.1. The largest absolute Gasteiger partial charge is 0.469 e. The lowest BCUT2D eigenvalue weighted by molar-refractivity contribution is 0.506. The van der Waals surface area contributed by atoms with Crippen LogP contribution in [0.2, 0.25) is 0 Å². The van der Waals surface area contributed by atoms with E-state index in [9.17, 15) is 0 Å². The predicted octanol–water partition coefficient (Wildman–Crippen LogP) is 3.57. The van der Waals surface area contributed by atoms with Crippen molar-refractivity contribution in [1.82, 2.24) is 10.6 Å². The third kappa shape index (κ3) is 6.19. The molecule has 4 nitrogen and oxygen atoms in total. The van der Waals surface area contributed by atoms with Crippen molar-refractivity contribution >= 4 is 5.96 Å². The zero-order chi connectivity index (χ0) is 16.3. The van der Waals surface area contributed by atoms with Crippen molar-refractivity contribution < 1.29 is 4.42 Å². The lowest BCUT2D eigenvalue weighted by atomic mass is 9.98. The summed E-state index contributed by atoms with van der Waals surface area (Å²) in [5, 5.41) is 6.64. The molecule has 0 aliphatic rings. The third-order valence-electron chi connectivity index (χ3n) is 3.79. The maximum absolute atomic E-state index is 5.34. The molecule has 23 heavy (non-hydrogen) atoms. The van der Waals surface area contributed by atoms with Crippen LogP contribution in [0.1, 0.15) is 37.5 Å². The van der Waals surface area contributed by atoms with Gasteiger partial charge in [0.1, 0.15) is 5.76 Å². The Morgan fingerprint density at radius 2 is 1.96 bits per heavy atom. The van der Waals surface area contributed by atoms with E-state index in [4.69, 9.17) is 4.42 Å². The molecule has 2 aromatic rings. The van der Waals surface area contributed by atoms with Gasteiger partial charge in [-0.1, -0.05) is 37.3 Å². The van der Waals surface area contributed by atoms with Crippen LogP contribution in [0.15, 0.2) is 58.1 Å². The third-order valence-corrected chi connectivity index (χ3v) is 3.79. The first-order valence-electron chi connectivity index (χ1n) is 8.39. The van der Waals surface area contributed by atoms with Gasteiger partial charge in [0, 0.05) is 26.1 Å². The van der Waals surface area contributed by atoms with Crippen LogP contribution in [-0.2, 0) is 6.42 Å². The van der Waals surface area contributed by atoms with E-state index in [1.165, 1.54) is 5.56 Å². The van der Waals surface area contributed by atoms with Crippen LogP contribution >= 0.6 is 0 Å². The molecule has 1 unspecified atom stereocenters. The number of furan rings is 1. The van der Waals surface area contributed by atoms with E-state index in [1.54, 1.807) is 6.26 Å². The average Bonchev–Trinajstić information content (AvgIpc) is 3.09. The van der Waals surface area contributed by atoms with Crippen LogP contribution < -0.4 is 10.6 Å². The molecule has 1 aromatic carbocycles. The summed E-state index contributed by atoms with van der Waals surface area (Å²) in [5.74, 6) is 2.39. The van der Waals surface area contributed by atoms with E-state index in [1.807, 2.05) is 12.1 Å². The molecule has 0 aliphatic carbocycles. The highest BCUT2D eigenvalue weighted by Crippen LogP contribution is 2.17. The van der Waals surface area contributed by atoms with Gasteiger partial charge < -0.3 is 15.1 Å². The van der Waals surface area contributed by atoms with Crippen molar-refractivity contribution in [2.24, 2.45) is 4.99 Å². The van der Waals surface area contributed by atoms with Gasteiger partial charge in [0.25, 0.3) is 0 Å². The minimum absolute atomic E-state index is 0.519. The van der Waals surface area contributed by atoms with Crippen LogP contribution in [0.5, 0.6) is 0 Å². The molecule has 0 amide bonds. The molecule has 1 aromatic heterocycles. The maximum Gasteiger partial charge on any atom is 0.191 e. The minimum Gasteiger partial charge on any atom is -0.469 e. The van der Waals surface area contributed by atoms with Gasteiger partial charge in [0.2, 0.25) is 0 Å². The number of nitrogens with one attached hydrogen (secondary N) is 2. The molecule has 0 spiro atoms. The van der Waals surface area contributed by atoms with Gasteiger partial charge in [-0.05, 0) is 37.0 Å². The fourth-order valence-electron chi connectivity index (χ4n) is 2.42. The van der Waals surface area contributed by atoms with Crippen molar-refractivity contribution in [1.29, 1.82) is 0 Å². The molecular formula is C19H27N3O. The molecule has 124 valence electrons. The van der Waals surface area contributed by atoms with E-state index in [0.29, 0.717) is 5.92 Å². The highest BCUT2D eigenvalue weighted by Gasteiger charge is 2.04. The van der Waals surface area contributed by atoms with Crippen molar-refractivity contribution in [3.63, 3.8) is 0 Å². The zero-order valence-corrected chi connectivity index (χ0v) is 14.1. The van der Waals surface area contributed by atoms with Gasteiger partial charge >= 0.3 is 0 Å². The van der Waals surface area contributed by atoms with Crippen LogP contribution in [-0.4, -0.2) is 25.6 Å². The van der Waals surface area contributed by atoms with Gasteiger partial charge in [-0.25, -0.2) is 0 Å². The Bertz CT molecular complexity index is 564. The van der Waals surface area contributed by atoms with Gasteiger partial charge in [0.15, 0.2) is 5.96 Å². The standard InChI is InChI=1S/C19H27N3O/c1-3-20-19(22-14-12-18-10-7-15-23-18)21-13-11-16(2)17-8-5-4-6-9-17/h4-10,15-16H,3,11-14H2,1-2H3,(H2,20,21,22). The first-order valence-corrected chi connectivity index (χ1v) is 8.39. The second kappa shape index (κ2) is 9.72. The van der Waals surface area contributed by atoms with E-state index in [-0.39, 0.29) is 0 Å². The number of hydrogen-bond acceptors (Lipinski definition) is 2. The molecule has 1 atom stereocenters. The molecular weight excluding hydrogens is 286 g/mol. The monoisotopic (exact) mass is 313 g/mol. The van der Waals surface area contributed by atoms with E-state index < -0.39 is 0 Å². The van der Waals surface area contributed by atoms with Gasteiger partial charge in [-0.15, -0.1) is 0 Å². The van der Waals surface area contributed by atoms with Crippen LogP contribution in [0, 0.1) is 0 Å². The molecule has 1 heterocycles. The first kappa shape index (κ1) is 17.1. The second-order valence-electron chi connectivity index (χ2n) is 5.62. The van der Waals surface area contributed by atoms with Crippen molar-refractivity contribution in [3.8, 4) is 0 Å². The SMILES string of the molecule is CCNC(=NCCC(C)c1ccccc1)NCCc1ccco1. The Kier molecular flexibility index (Phi) is 7.24. The van der Waals surface area contributed by atoms with E-state index >= 15 is 0 Å². The number of aliphatic imine (C=N–C) groups is 1. The summed E-state index contributed by atoms with van der Waals surface area (Å²) in [4.78, 5) is 4.66. The van der Waals surface area contributed by atoms with Crippen LogP contribution in [0.3, 0.4) is 0 Å². The minimum atomic E-state index is 0.519. The molecule has 4 heteroatoms. The summed E-state index contributed by atoms with van der Waals surface area (Å²) in [6.45, 7) is 6.82. The summed E-state index contributed by atoms with van der Waals surface area (Å²) in [7, 11) is 0. The lowest BCUT2D eigenvalue weighted by Crippen LogP contribution is -2.38. The van der Waals surface area contributed by atoms with Crippen molar-refractivity contribution in [3.05, 3.63) is 60.1 Å². The van der Waals surface area contributed by atoms with Gasteiger partial charge in [-0.3, -0.25) is 4.99 Å². The quantitative estimate of drug-likeness (QED) is 0.578. The Morgan fingerprint density at radius 3 is 2.65 bits per heavy atom. The van der Waals surface area contributed by atoms with E-state index in [2.05, 4.69) is 59.8 Å². The fourth-order valence-corrected chi connectivity index (χ4v) is 2.42. The molecule has 2 N–H and O–H groups in total. The summed E-state index contributed by atoms with van der Waals surface area (Å²) in [6.07, 6.45) is 3.61. The normalized spacial score (nSPS) is 12.9. The number of nitrogens with zero attached hydrogens (tertiary/aromatic N) is 1. The summed E-state index contributed by atoms with van der Waals surface area (Å²) in [6, 6.07) is 14.5. The molecule has 0 fully saturated rings. The summed E-state index contributed by atoms with van der Waals surface area (Å²) in [5.41, 5.74) is 1.37. The second-order valence-corrected chi connectivity index (χ2v) is 5.62. The summed E-state index contributed by atoms with van der Waals surface area (Å²) < 4.78 is 5.34. The average molecular weight is 313 g/mol. The van der Waals surface area contributed by atoms with Gasteiger partial charge in [-0.2, -0.15) is 0 Å². The summed E-state index contributed by atoms with van der Waals surface area (Å²) >= 11 is 0. The van der Waals surface area contributed by atoms with Crippen molar-refractivity contribution in [2.75, 3.05) is 19.6 Å². The van der Waals surface area contributed by atoms with Crippen LogP contribution in [0.4, 0.5) is 0 Å². The van der Waals surface area contributed by atoms with Gasteiger partial charge in [0.05, 0.1) is 6.26 Å².